The van der Waals surface area contributed by atoms with Crippen LogP contribution in [-0.4, -0.2) is 34.0 Å². The van der Waals surface area contributed by atoms with Gasteiger partial charge < -0.3 is 10.2 Å². The van der Waals surface area contributed by atoms with Gasteiger partial charge in [-0.25, -0.2) is 0 Å². The first-order valence-corrected chi connectivity index (χ1v) is 5.49. The van der Waals surface area contributed by atoms with E-state index in [9.17, 15) is 0 Å². The maximum absolute atomic E-state index is 9.13. The van der Waals surface area contributed by atoms with Crippen LogP contribution in [0.25, 0.3) is 5.70 Å². The van der Waals surface area contributed by atoms with E-state index in [-0.39, 0.29) is 13.2 Å². The molecule has 1 aromatic heterocycles. The lowest BCUT2D eigenvalue weighted by molar-refractivity contribution is -0.0923. The minimum absolute atomic E-state index is 0.295. The molecule has 0 unspecified atom stereocenters. The standard InChI is InChI=1S/C10H11BrN2O3/c11-7-1-2-8(12-4-7)9-3-10(5-14,6-15)16-13-9/h1-4,13-15H,5-6H2. The lowest BCUT2D eigenvalue weighted by atomic mass is 10.1. The second-order valence-electron chi connectivity index (χ2n) is 3.50. The van der Waals surface area contributed by atoms with Crippen LogP contribution in [0.2, 0.25) is 0 Å². The van der Waals surface area contributed by atoms with E-state index in [1.54, 1.807) is 18.3 Å². The van der Waals surface area contributed by atoms with Crippen LogP contribution in [0.15, 0.2) is 28.9 Å². The van der Waals surface area contributed by atoms with E-state index in [2.05, 4.69) is 26.4 Å². The third kappa shape index (κ3) is 2.10. The van der Waals surface area contributed by atoms with E-state index >= 15 is 0 Å². The van der Waals surface area contributed by atoms with E-state index in [1.165, 1.54) is 0 Å². The Hall–Kier alpha value is -0.950. The highest BCUT2D eigenvalue weighted by Crippen LogP contribution is 2.24. The summed E-state index contributed by atoms with van der Waals surface area (Å²) < 4.78 is 0.881. The van der Waals surface area contributed by atoms with E-state index in [1.807, 2.05) is 6.07 Å². The molecule has 16 heavy (non-hydrogen) atoms. The SMILES string of the molecule is OCC1(CO)C=C(c2ccc(Br)cn2)NO1. The fraction of sp³-hybridized carbons (Fsp3) is 0.300. The smallest absolute Gasteiger partial charge is 0.162 e. The average Bonchev–Trinajstić information content (AvgIpc) is 2.75. The molecular weight excluding hydrogens is 276 g/mol. The zero-order valence-corrected chi connectivity index (χ0v) is 9.94. The minimum Gasteiger partial charge on any atom is -0.393 e. The van der Waals surface area contributed by atoms with Crippen molar-refractivity contribution >= 4 is 21.6 Å². The molecule has 86 valence electrons. The predicted molar refractivity (Wildman–Crippen MR) is 61.0 cm³/mol. The second-order valence-corrected chi connectivity index (χ2v) is 4.42. The van der Waals surface area contributed by atoms with Crippen molar-refractivity contribution in [1.82, 2.24) is 10.5 Å². The lowest BCUT2D eigenvalue weighted by Crippen LogP contribution is -2.37. The molecule has 0 radical (unpaired) electrons. The molecule has 2 heterocycles. The van der Waals surface area contributed by atoms with Crippen LogP contribution in [0.4, 0.5) is 0 Å². The third-order valence-electron chi connectivity index (χ3n) is 2.31. The Kier molecular flexibility index (Phi) is 3.25. The first-order chi connectivity index (χ1) is 7.69. The van der Waals surface area contributed by atoms with Gasteiger partial charge in [-0.2, -0.15) is 0 Å². The minimum atomic E-state index is -1.07. The summed E-state index contributed by atoms with van der Waals surface area (Å²) in [5.41, 5.74) is 2.90. The van der Waals surface area contributed by atoms with Crippen LogP contribution in [0.5, 0.6) is 0 Å². The molecule has 1 aromatic rings. The number of nitrogens with zero attached hydrogens (tertiary/aromatic N) is 1. The van der Waals surface area contributed by atoms with Gasteiger partial charge in [0.1, 0.15) is 0 Å². The molecule has 0 aliphatic carbocycles. The average molecular weight is 287 g/mol. The molecule has 0 amide bonds. The summed E-state index contributed by atoms with van der Waals surface area (Å²) in [4.78, 5) is 9.32. The highest BCUT2D eigenvalue weighted by Gasteiger charge is 2.34. The molecule has 0 spiro atoms. The summed E-state index contributed by atoms with van der Waals surface area (Å²) in [6.45, 7) is -0.590. The van der Waals surface area contributed by atoms with Crippen molar-refractivity contribution in [2.45, 2.75) is 5.60 Å². The fourth-order valence-corrected chi connectivity index (χ4v) is 1.58. The number of aromatic nitrogens is 1. The molecule has 0 atom stereocenters. The number of pyridine rings is 1. The van der Waals surface area contributed by atoms with Crippen LogP contribution in [0.3, 0.4) is 0 Å². The van der Waals surface area contributed by atoms with Crippen molar-refractivity contribution in [2.24, 2.45) is 0 Å². The van der Waals surface area contributed by atoms with E-state index in [4.69, 9.17) is 15.1 Å². The molecule has 1 aliphatic rings. The Morgan fingerprint density at radius 1 is 1.38 bits per heavy atom. The quantitative estimate of drug-likeness (QED) is 0.752. The van der Waals surface area contributed by atoms with Gasteiger partial charge in [-0.1, -0.05) is 0 Å². The van der Waals surface area contributed by atoms with Crippen molar-refractivity contribution in [3.05, 3.63) is 34.6 Å². The highest BCUT2D eigenvalue weighted by molar-refractivity contribution is 9.10. The summed E-state index contributed by atoms with van der Waals surface area (Å²) in [5.74, 6) is 0. The molecule has 2 rings (SSSR count). The van der Waals surface area contributed by atoms with Crippen molar-refractivity contribution in [1.29, 1.82) is 0 Å². The number of hydrogen-bond donors (Lipinski definition) is 3. The highest BCUT2D eigenvalue weighted by atomic mass is 79.9. The van der Waals surface area contributed by atoms with Gasteiger partial charge in [-0.15, -0.1) is 0 Å². The number of nitrogens with one attached hydrogen (secondary N) is 1. The monoisotopic (exact) mass is 286 g/mol. The van der Waals surface area contributed by atoms with Crippen molar-refractivity contribution < 1.29 is 15.1 Å². The maximum atomic E-state index is 9.13. The van der Waals surface area contributed by atoms with Crippen LogP contribution < -0.4 is 5.48 Å². The first-order valence-electron chi connectivity index (χ1n) is 4.70. The summed E-state index contributed by atoms with van der Waals surface area (Å²) in [6, 6.07) is 3.65. The third-order valence-corrected chi connectivity index (χ3v) is 2.78. The van der Waals surface area contributed by atoms with E-state index in [0.717, 1.165) is 4.47 Å². The number of aliphatic hydroxyl groups is 2. The zero-order chi connectivity index (χ0) is 11.6. The zero-order valence-electron chi connectivity index (χ0n) is 8.35. The molecule has 0 saturated carbocycles. The number of rotatable bonds is 3. The van der Waals surface area contributed by atoms with Crippen molar-refractivity contribution in [2.75, 3.05) is 13.2 Å². The van der Waals surface area contributed by atoms with Crippen LogP contribution in [0.1, 0.15) is 5.69 Å². The topological polar surface area (TPSA) is 74.6 Å². The molecule has 0 saturated heterocycles. The van der Waals surface area contributed by atoms with Crippen LogP contribution in [-0.2, 0) is 4.84 Å². The Balaban J connectivity index is 2.27. The molecule has 6 heteroatoms. The van der Waals surface area contributed by atoms with Gasteiger partial charge in [0.25, 0.3) is 0 Å². The molecule has 3 N–H and O–H groups in total. The molecule has 1 aliphatic heterocycles. The van der Waals surface area contributed by atoms with Crippen molar-refractivity contribution in [3.63, 3.8) is 0 Å². The van der Waals surface area contributed by atoms with E-state index in [0.29, 0.717) is 11.4 Å². The Bertz CT molecular complexity index is 401. The Morgan fingerprint density at radius 2 is 2.12 bits per heavy atom. The van der Waals surface area contributed by atoms with Gasteiger partial charge in [0, 0.05) is 10.7 Å². The lowest BCUT2D eigenvalue weighted by Gasteiger charge is -2.18. The molecule has 0 fully saturated rings. The number of hydroxylamine groups is 1. The largest absolute Gasteiger partial charge is 0.393 e. The van der Waals surface area contributed by atoms with Crippen LogP contribution in [0, 0.1) is 0 Å². The Labute approximate surface area is 101 Å². The van der Waals surface area contributed by atoms with E-state index < -0.39 is 5.60 Å². The van der Waals surface area contributed by atoms with Gasteiger partial charge in [0.2, 0.25) is 0 Å². The van der Waals surface area contributed by atoms with Crippen molar-refractivity contribution in [3.8, 4) is 0 Å². The summed E-state index contributed by atoms with van der Waals surface area (Å²) in [5, 5.41) is 18.3. The molecule has 0 bridgehead atoms. The van der Waals surface area contributed by atoms with Gasteiger partial charge in [-0.3, -0.25) is 15.3 Å². The fourth-order valence-electron chi connectivity index (χ4n) is 1.35. The summed E-state index contributed by atoms with van der Waals surface area (Å²) in [6.07, 6.45) is 3.29. The second kappa shape index (κ2) is 4.50. The van der Waals surface area contributed by atoms with Gasteiger partial charge >= 0.3 is 0 Å². The number of hydrogen-bond acceptors (Lipinski definition) is 5. The molecular formula is C10H11BrN2O3. The predicted octanol–water partition coefficient (Wildman–Crippen LogP) is 0.443. The summed E-state index contributed by atoms with van der Waals surface area (Å²) in [7, 11) is 0. The summed E-state index contributed by atoms with van der Waals surface area (Å²) >= 11 is 3.29. The Morgan fingerprint density at radius 3 is 2.62 bits per heavy atom. The number of halogens is 1. The van der Waals surface area contributed by atoms with Gasteiger partial charge in [-0.05, 0) is 34.1 Å². The van der Waals surface area contributed by atoms with Gasteiger partial charge in [0.15, 0.2) is 5.60 Å². The molecule has 0 aromatic carbocycles. The van der Waals surface area contributed by atoms with Gasteiger partial charge in [0.05, 0.1) is 24.6 Å². The first kappa shape index (κ1) is 11.5. The van der Waals surface area contributed by atoms with Crippen LogP contribution >= 0.6 is 15.9 Å². The maximum Gasteiger partial charge on any atom is 0.162 e. The molecule has 5 nitrogen and oxygen atoms in total. The number of aliphatic hydroxyl groups excluding tert-OH is 2. The normalized spacial score (nSPS) is 18.1.